The number of aromatic nitrogens is 2. The largest absolute Gasteiger partial charge is 0.423 e. The molecule has 164 valence electrons. The molecule has 11 heteroatoms. The predicted molar refractivity (Wildman–Crippen MR) is 111 cm³/mol. The first-order valence-corrected chi connectivity index (χ1v) is 11.5. The van der Waals surface area contributed by atoms with Crippen LogP contribution in [0.1, 0.15) is 25.1 Å². The lowest BCUT2D eigenvalue weighted by atomic mass is 9.98. The average molecular weight is 459 g/mol. The number of aryl methyl sites for hydroxylation is 1. The summed E-state index contributed by atoms with van der Waals surface area (Å²) in [5.41, 5.74) is -0.719. The van der Waals surface area contributed by atoms with Crippen LogP contribution in [0.5, 0.6) is 5.75 Å². The third-order valence-corrected chi connectivity index (χ3v) is 6.78. The van der Waals surface area contributed by atoms with E-state index in [4.69, 9.17) is 25.6 Å². The normalized spacial score (nSPS) is 25.8. The van der Waals surface area contributed by atoms with Gasteiger partial charge in [0.05, 0.1) is 17.3 Å². The number of hydrogen-bond donors (Lipinski definition) is 2. The van der Waals surface area contributed by atoms with E-state index in [0.29, 0.717) is 5.56 Å². The van der Waals surface area contributed by atoms with Gasteiger partial charge in [0.15, 0.2) is 6.23 Å². The Morgan fingerprint density at radius 1 is 1.33 bits per heavy atom. The van der Waals surface area contributed by atoms with Gasteiger partial charge in [-0.3, -0.25) is 14.3 Å². The highest BCUT2D eigenvalue weighted by atomic mass is 35.5. The van der Waals surface area contributed by atoms with E-state index < -0.39 is 37.3 Å². The summed E-state index contributed by atoms with van der Waals surface area (Å²) in [4.78, 5) is 36.4. The number of hydrogen-bond acceptors (Lipinski definition) is 6. The van der Waals surface area contributed by atoms with E-state index in [0.717, 1.165) is 0 Å². The van der Waals surface area contributed by atoms with Crippen molar-refractivity contribution < 1.29 is 23.5 Å². The predicted octanol–water partition coefficient (Wildman–Crippen LogP) is 2.70. The smallest absolute Gasteiger partial charge is 0.376 e. The fourth-order valence-corrected chi connectivity index (χ4v) is 4.89. The average Bonchev–Trinajstić information content (AvgIpc) is 3.00. The Morgan fingerprint density at radius 2 is 2.03 bits per heavy atom. The summed E-state index contributed by atoms with van der Waals surface area (Å²) in [5, 5.41) is 0.240. The van der Waals surface area contributed by atoms with E-state index in [1.54, 1.807) is 25.1 Å². The summed E-state index contributed by atoms with van der Waals surface area (Å²) in [6.45, 7) is 3.46. The number of nitrogens with zero attached hydrogens (tertiary/aromatic N) is 1. The summed E-state index contributed by atoms with van der Waals surface area (Å²) >= 11 is 5.99. The summed E-state index contributed by atoms with van der Waals surface area (Å²) in [6, 6.07) is 6.43. The minimum Gasteiger partial charge on any atom is -0.423 e. The van der Waals surface area contributed by atoms with Crippen molar-refractivity contribution in [1.29, 1.82) is 0 Å². The third-order valence-electron chi connectivity index (χ3n) is 5.17. The van der Waals surface area contributed by atoms with Crippen LogP contribution < -0.4 is 15.8 Å². The number of benzene rings is 1. The lowest BCUT2D eigenvalue weighted by Crippen LogP contribution is -2.37. The summed E-state index contributed by atoms with van der Waals surface area (Å²) in [5.74, 6) is -0.0484. The van der Waals surface area contributed by atoms with Crippen LogP contribution in [0.15, 0.2) is 40.1 Å². The van der Waals surface area contributed by atoms with Gasteiger partial charge in [0, 0.05) is 24.8 Å². The standard InChI is InChI=1S/C19H24ClN2O7P/c1-11-10-22(19(24)21-17(11)23)18-16(27-3)12(2)14(28-18)8-9-30(25,26)29-15-7-5-4-6-13(15)20/h4-7,10,12,14,16,18H,8-9H2,1-3H3,(H,25,26)(H,21,23,24)/t12-,14-,16-,18-/m1/s1. The molecule has 0 bridgehead atoms. The maximum atomic E-state index is 12.5. The van der Waals surface area contributed by atoms with E-state index in [2.05, 4.69) is 4.98 Å². The molecule has 30 heavy (non-hydrogen) atoms. The van der Waals surface area contributed by atoms with E-state index >= 15 is 0 Å². The Morgan fingerprint density at radius 3 is 2.70 bits per heavy atom. The van der Waals surface area contributed by atoms with Gasteiger partial charge in [0.2, 0.25) is 0 Å². The minimum absolute atomic E-state index is 0.133. The Hall–Kier alpha value is -1.90. The molecule has 9 nitrogen and oxygen atoms in total. The molecule has 0 saturated carbocycles. The van der Waals surface area contributed by atoms with Crippen LogP contribution in [-0.4, -0.2) is 39.9 Å². The summed E-state index contributed by atoms with van der Waals surface area (Å²) in [7, 11) is -2.48. The van der Waals surface area contributed by atoms with Gasteiger partial charge < -0.3 is 18.9 Å². The first-order chi connectivity index (χ1) is 14.1. The topological polar surface area (TPSA) is 120 Å². The minimum atomic E-state index is -3.99. The molecule has 0 radical (unpaired) electrons. The van der Waals surface area contributed by atoms with Crippen molar-refractivity contribution in [1.82, 2.24) is 9.55 Å². The van der Waals surface area contributed by atoms with Gasteiger partial charge in [0.1, 0.15) is 11.9 Å². The fraction of sp³-hybridized carbons (Fsp3) is 0.474. The van der Waals surface area contributed by atoms with E-state index in [1.165, 1.54) is 23.9 Å². The van der Waals surface area contributed by atoms with Crippen LogP contribution in [0.25, 0.3) is 0 Å². The summed E-state index contributed by atoms with van der Waals surface area (Å²) < 4.78 is 30.6. The van der Waals surface area contributed by atoms with Crippen molar-refractivity contribution in [3.05, 3.63) is 61.9 Å². The van der Waals surface area contributed by atoms with Gasteiger partial charge in [-0.25, -0.2) is 9.36 Å². The molecule has 1 unspecified atom stereocenters. The van der Waals surface area contributed by atoms with E-state index in [-0.39, 0.29) is 29.3 Å². The molecule has 0 spiro atoms. The number of ether oxygens (including phenoxy) is 2. The molecule has 1 saturated heterocycles. The van der Waals surface area contributed by atoms with Crippen molar-refractivity contribution in [3.8, 4) is 5.75 Å². The lowest BCUT2D eigenvalue weighted by molar-refractivity contribution is -0.0531. The lowest BCUT2D eigenvalue weighted by Gasteiger charge is -2.21. The number of methoxy groups -OCH3 is 1. The van der Waals surface area contributed by atoms with Crippen molar-refractivity contribution in [3.63, 3.8) is 0 Å². The maximum absolute atomic E-state index is 12.5. The highest BCUT2D eigenvalue weighted by Gasteiger charge is 2.44. The van der Waals surface area contributed by atoms with Crippen molar-refractivity contribution in [2.24, 2.45) is 5.92 Å². The molecule has 0 amide bonds. The Labute approximate surface area is 178 Å². The number of rotatable bonds is 7. The second-order valence-electron chi connectivity index (χ2n) is 7.27. The molecule has 1 aliphatic rings. The van der Waals surface area contributed by atoms with Crippen LogP contribution >= 0.6 is 19.2 Å². The zero-order valence-electron chi connectivity index (χ0n) is 16.8. The molecule has 0 aliphatic carbocycles. The molecule has 5 atom stereocenters. The summed E-state index contributed by atoms with van der Waals surface area (Å²) in [6.07, 6.45) is -0.275. The fourth-order valence-electron chi connectivity index (χ4n) is 3.52. The van der Waals surface area contributed by atoms with Crippen molar-refractivity contribution >= 4 is 19.2 Å². The van der Waals surface area contributed by atoms with Gasteiger partial charge in [-0.05, 0) is 25.5 Å². The molecule has 3 rings (SSSR count). The van der Waals surface area contributed by atoms with Crippen LogP contribution in [0, 0.1) is 12.8 Å². The molecular weight excluding hydrogens is 435 g/mol. The monoisotopic (exact) mass is 458 g/mol. The molecule has 1 aliphatic heterocycles. The van der Waals surface area contributed by atoms with Crippen LogP contribution in [-0.2, 0) is 14.0 Å². The SMILES string of the molecule is CO[C@@H]1[C@H](C)[C@@H](CCP(=O)(O)Oc2ccccc2Cl)O[C@H]1n1cc(C)c(=O)[nH]c1=O. The number of aromatic amines is 1. The Bertz CT molecular complexity index is 1070. The van der Waals surface area contributed by atoms with Crippen LogP contribution in [0.2, 0.25) is 5.02 Å². The van der Waals surface area contributed by atoms with Crippen LogP contribution in [0.3, 0.4) is 0 Å². The zero-order chi connectivity index (χ0) is 22.1. The Balaban J connectivity index is 1.74. The van der Waals surface area contributed by atoms with Crippen molar-refractivity contribution in [2.45, 2.75) is 38.7 Å². The van der Waals surface area contributed by atoms with Gasteiger partial charge in [-0.1, -0.05) is 30.7 Å². The van der Waals surface area contributed by atoms with Gasteiger partial charge in [0.25, 0.3) is 5.56 Å². The van der Waals surface area contributed by atoms with Gasteiger partial charge in [-0.2, -0.15) is 0 Å². The number of para-hydroxylation sites is 1. The van der Waals surface area contributed by atoms with E-state index in [1.807, 2.05) is 6.92 Å². The first kappa shape index (κ1) is 22.8. The number of halogens is 1. The van der Waals surface area contributed by atoms with E-state index in [9.17, 15) is 19.0 Å². The maximum Gasteiger partial charge on any atom is 0.376 e. The highest BCUT2D eigenvalue weighted by molar-refractivity contribution is 7.53. The van der Waals surface area contributed by atoms with Crippen LogP contribution in [0.4, 0.5) is 0 Å². The first-order valence-electron chi connectivity index (χ1n) is 9.39. The molecular formula is C19H24ClN2O7P. The third kappa shape index (κ3) is 4.87. The van der Waals surface area contributed by atoms with Crippen molar-refractivity contribution in [2.75, 3.05) is 13.3 Å². The zero-order valence-corrected chi connectivity index (χ0v) is 18.4. The number of H-pyrrole nitrogens is 1. The molecule has 2 heterocycles. The van der Waals surface area contributed by atoms with Gasteiger partial charge in [-0.15, -0.1) is 0 Å². The molecule has 1 fully saturated rings. The quantitative estimate of drug-likeness (QED) is 0.612. The molecule has 2 N–H and O–H groups in total. The Kier molecular flexibility index (Phi) is 6.89. The highest BCUT2D eigenvalue weighted by Crippen LogP contribution is 2.47. The van der Waals surface area contributed by atoms with Gasteiger partial charge >= 0.3 is 13.3 Å². The second kappa shape index (κ2) is 9.08. The second-order valence-corrected chi connectivity index (χ2v) is 9.59. The number of nitrogens with one attached hydrogen (secondary N) is 1. The molecule has 2 aromatic rings. The molecule has 1 aromatic carbocycles. The molecule has 1 aromatic heterocycles.